The number of nitriles is 1. The van der Waals surface area contributed by atoms with Gasteiger partial charge in [0.2, 0.25) is 0 Å². The zero-order valence-electron chi connectivity index (χ0n) is 6.65. The van der Waals surface area contributed by atoms with E-state index in [1.807, 2.05) is 12.1 Å². The highest BCUT2D eigenvalue weighted by molar-refractivity contribution is 7.17. The second kappa shape index (κ2) is 3.00. The van der Waals surface area contributed by atoms with Crippen LogP contribution in [0.3, 0.4) is 0 Å². The Balaban J connectivity index is 2.80. The van der Waals surface area contributed by atoms with E-state index in [1.165, 1.54) is 11.3 Å². The van der Waals surface area contributed by atoms with Crippen molar-refractivity contribution in [2.24, 2.45) is 0 Å². The van der Waals surface area contributed by atoms with Crippen molar-refractivity contribution in [1.82, 2.24) is 0 Å². The van der Waals surface area contributed by atoms with Crippen LogP contribution < -0.4 is 0 Å². The molecule has 0 fully saturated rings. The number of rotatable bonds is 1. The summed E-state index contributed by atoms with van der Waals surface area (Å²) in [6.07, 6.45) is 0.819. The minimum Gasteiger partial charge on any atom is -0.298 e. The molecular formula is C10H5NOS. The Kier molecular flexibility index (Phi) is 1.84. The van der Waals surface area contributed by atoms with Gasteiger partial charge in [-0.05, 0) is 18.2 Å². The number of nitrogens with zero attached hydrogens (tertiary/aromatic N) is 1. The predicted octanol–water partition coefficient (Wildman–Crippen LogP) is 2.59. The van der Waals surface area contributed by atoms with E-state index in [-0.39, 0.29) is 0 Å². The van der Waals surface area contributed by atoms with E-state index < -0.39 is 0 Å². The Hall–Kier alpha value is -1.66. The van der Waals surface area contributed by atoms with Gasteiger partial charge in [0.25, 0.3) is 0 Å². The molecule has 0 saturated heterocycles. The van der Waals surface area contributed by atoms with Gasteiger partial charge in [0.15, 0.2) is 6.29 Å². The van der Waals surface area contributed by atoms with Crippen LogP contribution >= 0.6 is 11.3 Å². The van der Waals surface area contributed by atoms with Gasteiger partial charge in [-0.2, -0.15) is 5.26 Å². The summed E-state index contributed by atoms with van der Waals surface area (Å²) in [5, 5.41) is 11.3. The average molecular weight is 187 g/mol. The van der Waals surface area contributed by atoms with Crippen LogP contribution in [-0.4, -0.2) is 6.29 Å². The first-order chi connectivity index (χ1) is 6.35. The van der Waals surface area contributed by atoms with Crippen molar-refractivity contribution in [3.05, 3.63) is 34.7 Å². The lowest BCUT2D eigenvalue weighted by molar-refractivity contribution is 0.112. The van der Waals surface area contributed by atoms with Gasteiger partial charge in [-0.3, -0.25) is 4.79 Å². The molecule has 0 N–H and O–H groups in total. The summed E-state index contributed by atoms with van der Waals surface area (Å²) in [4.78, 5) is 10.6. The molecule has 2 rings (SSSR count). The number of thiophene rings is 1. The molecule has 0 spiro atoms. The van der Waals surface area contributed by atoms with Crippen LogP contribution in [0.5, 0.6) is 0 Å². The first-order valence-electron chi connectivity index (χ1n) is 3.71. The summed E-state index contributed by atoms with van der Waals surface area (Å²) >= 11 is 1.52. The normalized spacial score (nSPS) is 9.77. The highest BCUT2D eigenvalue weighted by Gasteiger charge is 2.03. The van der Waals surface area contributed by atoms with E-state index in [2.05, 4.69) is 0 Å². The molecule has 1 aromatic heterocycles. The maximum absolute atomic E-state index is 10.6. The monoisotopic (exact) mass is 187 g/mol. The number of aldehydes is 1. The molecule has 0 bridgehead atoms. The lowest BCUT2D eigenvalue weighted by atomic mass is 10.1. The molecule has 13 heavy (non-hydrogen) atoms. The molecule has 62 valence electrons. The Morgan fingerprint density at radius 1 is 1.46 bits per heavy atom. The topological polar surface area (TPSA) is 40.9 Å². The number of hydrogen-bond acceptors (Lipinski definition) is 3. The molecule has 0 radical (unpaired) electrons. The number of hydrogen-bond donors (Lipinski definition) is 0. The first kappa shape index (κ1) is 7.96. The third kappa shape index (κ3) is 1.21. The maximum Gasteiger partial charge on any atom is 0.151 e. The lowest BCUT2D eigenvalue weighted by Crippen LogP contribution is -1.76. The molecular weight excluding hydrogens is 182 g/mol. The number of fused-ring (bicyclic) bond motifs is 1. The van der Waals surface area contributed by atoms with Crippen molar-refractivity contribution in [1.29, 1.82) is 5.26 Å². The van der Waals surface area contributed by atoms with Crippen LogP contribution in [0.1, 0.15) is 15.9 Å². The molecule has 0 unspecified atom stereocenters. The van der Waals surface area contributed by atoms with Crippen molar-refractivity contribution in [3.8, 4) is 6.07 Å². The molecule has 2 aromatic rings. The smallest absolute Gasteiger partial charge is 0.151 e. The third-order valence-electron chi connectivity index (χ3n) is 1.86. The fourth-order valence-electron chi connectivity index (χ4n) is 1.21. The zero-order chi connectivity index (χ0) is 9.26. The molecule has 0 saturated carbocycles. The fourth-order valence-corrected chi connectivity index (χ4v) is 2.10. The van der Waals surface area contributed by atoms with E-state index in [1.54, 1.807) is 17.5 Å². The van der Waals surface area contributed by atoms with E-state index in [4.69, 9.17) is 5.26 Å². The van der Waals surface area contributed by atoms with E-state index >= 15 is 0 Å². The van der Waals surface area contributed by atoms with Crippen LogP contribution in [-0.2, 0) is 0 Å². The number of carbonyl (C=O) groups is 1. The van der Waals surface area contributed by atoms with Crippen LogP contribution in [0.2, 0.25) is 0 Å². The minimum absolute atomic E-state index is 0.592. The minimum atomic E-state index is 0.592. The van der Waals surface area contributed by atoms with Gasteiger partial charge < -0.3 is 0 Å². The first-order valence-corrected chi connectivity index (χ1v) is 4.59. The molecule has 0 atom stereocenters. The molecule has 3 heteroatoms. The summed E-state index contributed by atoms with van der Waals surface area (Å²) in [6, 6.07) is 7.42. The summed E-state index contributed by atoms with van der Waals surface area (Å²) in [5.41, 5.74) is 1.26. The lowest BCUT2D eigenvalue weighted by Gasteiger charge is -1.90. The predicted molar refractivity (Wildman–Crippen MR) is 51.9 cm³/mol. The molecule has 0 aliphatic heterocycles. The molecule has 1 heterocycles. The Labute approximate surface area is 79.0 Å². The van der Waals surface area contributed by atoms with Crippen molar-refractivity contribution in [3.63, 3.8) is 0 Å². The van der Waals surface area contributed by atoms with Gasteiger partial charge in [0.05, 0.1) is 11.6 Å². The van der Waals surface area contributed by atoms with Crippen molar-refractivity contribution in [2.75, 3.05) is 0 Å². The molecule has 0 aliphatic carbocycles. The van der Waals surface area contributed by atoms with E-state index in [0.29, 0.717) is 11.1 Å². The molecule has 2 nitrogen and oxygen atoms in total. The number of benzene rings is 1. The van der Waals surface area contributed by atoms with Gasteiger partial charge >= 0.3 is 0 Å². The summed E-state index contributed by atoms with van der Waals surface area (Å²) < 4.78 is 1.04. The SMILES string of the molecule is N#Cc1ccc2scc(C=O)c2c1. The van der Waals surface area contributed by atoms with Crippen molar-refractivity contribution < 1.29 is 4.79 Å². The average Bonchev–Trinajstić information content (AvgIpc) is 2.59. The molecule has 0 amide bonds. The van der Waals surface area contributed by atoms with Crippen LogP contribution in [0, 0.1) is 11.3 Å². The highest BCUT2D eigenvalue weighted by Crippen LogP contribution is 2.25. The van der Waals surface area contributed by atoms with Crippen LogP contribution in [0.4, 0.5) is 0 Å². The maximum atomic E-state index is 10.6. The standard InChI is InChI=1S/C10H5NOS/c11-4-7-1-2-10-9(3-7)8(5-12)6-13-10/h1-3,5-6H. The van der Waals surface area contributed by atoms with E-state index in [9.17, 15) is 4.79 Å². The largest absolute Gasteiger partial charge is 0.298 e. The fraction of sp³-hybridized carbons (Fsp3) is 0. The van der Waals surface area contributed by atoms with Crippen LogP contribution in [0.25, 0.3) is 10.1 Å². The second-order valence-corrected chi connectivity index (χ2v) is 3.54. The van der Waals surface area contributed by atoms with Gasteiger partial charge in [0, 0.05) is 21.0 Å². The van der Waals surface area contributed by atoms with Crippen molar-refractivity contribution >= 4 is 27.7 Å². The Morgan fingerprint density at radius 3 is 3.00 bits per heavy atom. The Bertz CT molecular complexity index is 507. The van der Waals surface area contributed by atoms with E-state index in [0.717, 1.165) is 16.4 Å². The van der Waals surface area contributed by atoms with Gasteiger partial charge in [-0.25, -0.2) is 0 Å². The van der Waals surface area contributed by atoms with Crippen LogP contribution in [0.15, 0.2) is 23.6 Å². The Morgan fingerprint density at radius 2 is 2.31 bits per heavy atom. The highest BCUT2D eigenvalue weighted by atomic mass is 32.1. The van der Waals surface area contributed by atoms with Gasteiger partial charge in [-0.1, -0.05) is 0 Å². The zero-order valence-corrected chi connectivity index (χ0v) is 7.47. The number of carbonyl (C=O) groups excluding carboxylic acids is 1. The molecule has 0 aliphatic rings. The molecule has 1 aromatic carbocycles. The summed E-state index contributed by atoms with van der Waals surface area (Å²) in [7, 11) is 0. The van der Waals surface area contributed by atoms with Gasteiger partial charge in [-0.15, -0.1) is 11.3 Å². The third-order valence-corrected chi connectivity index (χ3v) is 2.84. The summed E-state index contributed by atoms with van der Waals surface area (Å²) in [5.74, 6) is 0. The second-order valence-electron chi connectivity index (χ2n) is 2.63. The summed E-state index contributed by atoms with van der Waals surface area (Å²) in [6.45, 7) is 0. The quantitative estimate of drug-likeness (QED) is 0.644. The van der Waals surface area contributed by atoms with Gasteiger partial charge in [0.1, 0.15) is 0 Å². The van der Waals surface area contributed by atoms with Crippen molar-refractivity contribution in [2.45, 2.75) is 0 Å².